The fourth-order valence-corrected chi connectivity index (χ4v) is 1.43. The van der Waals surface area contributed by atoms with Crippen LogP contribution < -0.4 is 0 Å². The highest BCUT2D eigenvalue weighted by Gasteiger charge is 2.20. The van der Waals surface area contributed by atoms with E-state index >= 15 is 0 Å². The molecule has 0 fully saturated rings. The Morgan fingerprint density at radius 2 is 2.15 bits per heavy atom. The molecule has 0 saturated heterocycles. The van der Waals surface area contributed by atoms with E-state index in [2.05, 4.69) is 31.0 Å². The van der Waals surface area contributed by atoms with Crippen LogP contribution in [-0.2, 0) is 11.8 Å². The average molecular weight is 182 g/mol. The van der Waals surface area contributed by atoms with Crippen LogP contribution in [0, 0.1) is 0 Å². The van der Waals surface area contributed by atoms with Crippen LogP contribution >= 0.6 is 0 Å². The number of hydrogen-bond donors (Lipinski definition) is 2. The number of aliphatic hydroxyl groups excluding tert-OH is 1. The number of aliphatic hydroxyl groups is 1. The molecule has 1 atom stereocenters. The molecule has 0 aromatic carbocycles. The van der Waals surface area contributed by atoms with E-state index in [0.29, 0.717) is 6.42 Å². The fraction of sp³-hybridized carbons (Fsp3) is 0.700. The summed E-state index contributed by atoms with van der Waals surface area (Å²) in [5.74, 6) is 0. The molecule has 0 spiro atoms. The van der Waals surface area contributed by atoms with E-state index in [0.717, 1.165) is 11.3 Å². The summed E-state index contributed by atoms with van der Waals surface area (Å²) in [6, 6.07) is 0. The van der Waals surface area contributed by atoms with E-state index in [1.54, 1.807) is 13.1 Å². The van der Waals surface area contributed by atoms with Crippen molar-refractivity contribution >= 4 is 0 Å². The normalized spacial score (nSPS) is 14.5. The summed E-state index contributed by atoms with van der Waals surface area (Å²) >= 11 is 0. The number of aromatic nitrogens is 2. The number of nitrogens with one attached hydrogen (secondary N) is 1. The Hall–Kier alpha value is -0.830. The highest BCUT2D eigenvalue weighted by molar-refractivity contribution is 5.23. The van der Waals surface area contributed by atoms with Gasteiger partial charge in [0.15, 0.2) is 0 Å². The molecule has 0 amide bonds. The van der Waals surface area contributed by atoms with Crippen LogP contribution in [0.5, 0.6) is 0 Å². The Bertz CT molecular complexity index is 271. The summed E-state index contributed by atoms with van der Waals surface area (Å²) in [7, 11) is 0. The van der Waals surface area contributed by atoms with Crippen LogP contribution in [0.15, 0.2) is 6.20 Å². The van der Waals surface area contributed by atoms with Crippen molar-refractivity contribution in [3.63, 3.8) is 0 Å². The number of rotatable bonds is 2. The van der Waals surface area contributed by atoms with Crippen molar-refractivity contribution in [2.45, 2.75) is 45.6 Å². The first-order valence-electron chi connectivity index (χ1n) is 4.62. The summed E-state index contributed by atoms with van der Waals surface area (Å²) < 4.78 is 0. The van der Waals surface area contributed by atoms with Crippen molar-refractivity contribution in [2.24, 2.45) is 0 Å². The van der Waals surface area contributed by atoms with E-state index < -0.39 is 0 Å². The van der Waals surface area contributed by atoms with Gasteiger partial charge in [-0.05, 0) is 12.5 Å². The molecule has 1 heterocycles. The Morgan fingerprint density at radius 3 is 2.62 bits per heavy atom. The van der Waals surface area contributed by atoms with Crippen molar-refractivity contribution in [1.82, 2.24) is 10.2 Å². The van der Waals surface area contributed by atoms with Gasteiger partial charge in [-0.2, -0.15) is 5.10 Å². The number of nitrogens with zero attached hydrogens (tertiary/aromatic N) is 1. The third-order valence-electron chi connectivity index (χ3n) is 1.98. The predicted octanol–water partition coefficient (Wildman–Crippen LogP) is 1.63. The van der Waals surface area contributed by atoms with Gasteiger partial charge in [0.2, 0.25) is 0 Å². The van der Waals surface area contributed by atoms with Crippen LogP contribution in [0.4, 0.5) is 0 Å². The third kappa shape index (κ3) is 2.56. The lowest BCUT2D eigenvalue weighted by Crippen LogP contribution is -2.16. The van der Waals surface area contributed by atoms with Gasteiger partial charge in [0.1, 0.15) is 0 Å². The van der Waals surface area contributed by atoms with Gasteiger partial charge in [0.25, 0.3) is 0 Å². The third-order valence-corrected chi connectivity index (χ3v) is 1.98. The lowest BCUT2D eigenvalue weighted by atomic mass is 9.88. The molecule has 1 aromatic rings. The van der Waals surface area contributed by atoms with Gasteiger partial charge in [-0.25, -0.2) is 0 Å². The van der Waals surface area contributed by atoms with Crippen molar-refractivity contribution in [2.75, 3.05) is 0 Å². The molecule has 0 aliphatic heterocycles. The molecule has 13 heavy (non-hydrogen) atoms. The molecule has 74 valence electrons. The van der Waals surface area contributed by atoms with Crippen LogP contribution in [-0.4, -0.2) is 21.4 Å². The standard InChI is InChI=1S/C10H18N2O/c1-7(13)5-8-6-11-12-9(8)10(2,3)4/h6-7,13H,5H2,1-4H3,(H,11,12). The molecule has 0 bridgehead atoms. The van der Waals surface area contributed by atoms with Gasteiger partial charge in [0, 0.05) is 17.5 Å². The number of hydrogen-bond acceptors (Lipinski definition) is 2. The van der Waals surface area contributed by atoms with E-state index in [1.165, 1.54) is 0 Å². The van der Waals surface area contributed by atoms with Crippen LogP contribution in [0.2, 0.25) is 0 Å². The SMILES string of the molecule is CC(O)Cc1cn[nH]c1C(C)(C)C. The maximum Gasteiger partial charge on any atom is 0.0553 e. The van der Waals surface area contributed by atoms with Crippen molar-refractivity contribution in [3.8, 4) is 0 Å². The number of aromatic amines is 1. The summed E-state index contributed by atoms with van der Waals surface area (Å²) in [5, 5.41) is 16.3. The first kappa shape index (κ1) is 10.3. The minimum Gasteiger partial charge on any atom is -0.393 e. The Balaban J connectivity index is 2.90. The smallest absolute Gasteiger partial charge is 0.0553 e. The Kier molecular flexibility index (Phi) is 2.76. The molecule has 1 rings (SSSR count). The monoisotopic (exact) mass is 182 g/mol. The van der Waals surface area contributed by atoms with Gasteiger partial charge < -0.3 is 5.11 Å². The predicted molar refractivity (Wildman–Crippen MR) is 52.7 cm³/mol. The second kappa shape index (κ2) is 3.50. The van der Waals surface area contributed by atoms with E-state index in [-0.39, 0.29) is 11.5 Å². The number of H-pyrrole nitrogens is 1. The summed E-state index contributed by atoms with van der Waals surface area (Å²) in [4.78, 5) is 0. The Morgan fingerprint density at radius 1 is 1.54 bits per heavy atom. The second-order valence-corrected chi connectivity index (χ2v) is 4.57. The van der Waals surface area contributed by atoms with Crippen molar-refractivity contribution in [3.05, 3.63) is 17.5 Å². The van der Waals surface area contributed by atoms with Crippen molar-refractivity contribution < 1.29 is 5.11 Å². The van der Waals surface area contributed by atoms with E-state index in [4.69, 9.17) is 0 Å². The zero-order chi connectivity index (χ0) is 10.1. The fourth-order valence-electron chi connectivity index (χ4n) is 1.43. The van der Waals surface area contributed by atoms with Crippen LogP contribution in [0.3, 0.4) is 0 Å². The largest absolute Gasteiger partial charge is 0.393 e. The average Bonchev–Trinajstić information content (AvgIpc) is 2.31. The minimum atomic E-state index is -0.307. The molecular weight excluding hydrogens is 164 g/mol. The zero-order valence-corrected chi connectivity index (χ0v) is 8.76. The summed E-state index contributed by atoms with van der Waals surface area (Å²) in [6.07, 6.45) is 2.16. The highest BCUT2D eigenvalue weighted by atomic mass is 16.3. The molecule has 0 saturated carbocycles. The summed E-state index contributed by atoms with van der Waals surface area (Å²) in [5.41, 5.74) is 2.30. The molecule has 3 nitrogen and oxygen atoms in total. The van der Waals surface area contributed by atoms with Crippen LogP contribution in [0.25, 0.3) is 0 Å². The molecule has 3 heteroatoms. The van der Waals surface area contributed by atoms with Gasteiger partial charge in [0.05, 0.1) is 12.3 Å². The summed E-state index contributed by atoms with van der Waals surface area (Å²) in [6.45, 7) is 8.18. The van der Waals surface area contributed by atoms with Gasteiger partial charge >= 0.3 is 0 Å². The quantitative estimate of drug-likeness (QED) is 0.730. The zero-order valence-electron chi connectivity index (χ0n) is 8.76. The minimum absolute atomic E-state index is 0.0702. The molecule has 1 aromatic heterocycles. The maximum atomic E-state index is 9.27. The second-order valence-electron chi connectivity index (χ2n) is 4.57. The molecule has 0 aliphatic carbocycles. The molecule has 2 N–H and O–H groups in total. The molecule has 0 aliphatic rings. The first-order chi connectivity index (χ1) is 5.91. The van der Waals surface area contributed by atoms with Gasteiger partial charge in [-0.15, -0.1) is 0 Å². The highest BCUT2D eigenvalue weighted by Crippen LogP contribution is 2.23. The van der Waals surface area contributed by atoms with E-state index in [1.807, 2.05) is 0 Å². The first-order valence-corrected chi connectivity index (χ1v) is 4.62. The van der Waals surface area contributed by atoms with Crippen LogP contribution in [0.1, 0.15) is 39.0 Å². The molecule has 1 unspecified atom stereocenters. The van der Waals surface area contributed by atoms with Gasteiger partial charge in [-0.3, -0.25) is 5.10 Å². The lowest BCUT2D eigenvalue weighted by molar-refractivity contribution is 0.195. The molecule has 0 radical (unpaired) electrons. The lowest BCUT2D eigenvalue weighted by Gasteiger charge is -2.18. The van der Waals surface area contributed by atoms with Crippen molar-refractivity contribution in [1.29, 1.82) is 0 Å². The van der Waals surface area contributed by atoms with Gasteiger partial charge in [-0.1, -0.05) is 20.8 Å². The molecular formula is C10H18N2O. The van der Waals surface area contributed by atoms with E-state index in [9.17, 15) is 5.11 Å². The Labute approximate surface area is 79.2 Å². The maximum absolute atomic E-state index is 9.27. The topological polar surface area (TPSA) is 48.9 Å².